The normalized spacial score (nSPS) is 11.7. The van der Waals surface area contributed by atoms with Gasteiger partial charge >= 0.3 is 0 Å². The van der Waals surface area contributed by atoms with E-state index in [-0.39, 0.29) is 17.1 Å². The van der Waals surface area contributed by atoms with Gasteiger partial charge in [-0.15, -0.1) is 0 Å². The van der Waals surface area contributed by atoms with Crippen LogP contribution >= 0.6 is 0 Å². The number of rotatable bonds is 5. The lowest BCUT2D eigenvalue weighted by Gasteiger charge is -2.11. The van der Waals surface area contributed by atoms with Crippen LogP contribution in [0.25, 0.3) is 0 Å². The van der Waals surface area contributed by atoms with Crippen LogP contribution in [0.4, 0.5) is 5.69 Å². The summed E-state index contributed by atoms with van der Waals surface area (Å²) in [5.74, 6) is 0.445. The van der Waals surface area contributed by atoms with E-state index in [0.29, 0.717) is 12.2 Å². The van der Waals surface area contributed by atoms with E-state index < -0.39 is 10.0 Å². The summed E-state index contributed by atoms with van der Waals surface area (Å²) in [7, 11) is -3.64. The Morgan fingerprint density at radius 2 is 2.00 bits per heavy atom. The lowest BCUT2D eigenvalue weighted by atomic mass is 10.1. The van der Waals surface area contributed by atoms with Gasteiger partial charge in [-0.3, -0.25) is 0 Å². The third-order valence-electron chi connectivity index (χ3n) is 2.96. The number of sulfonamides is 1. The third kappa shape index (κ3) is 3.14. The molecule has 0 aliphatic carbocycles. The molecule has 0 aliphatic rings. The van der Waals surface area contributed by atoms with Crippen LogP contribution in [0.2, 0.25) is 0 Å². The number of hydrogen-bond donors (Lipinski definition) is 2. The van der Waals surface area contributed by atoms with E-state index in [2.05, 4.69) is 19.4 Å². The molecule has 1 aromatic carbocycles. The van der Waals surface area contributed by atoms with Crippen LogP contribution in [0.5, 0.6) is 0 Å². The summed E-state index contributed by atoms with van der Waals surface area (Å²) in [5.41, 5.74) is 7.85. The van der Waals surface area contributed by atoms with Crippen LogP contribution in [0.15, 0.2) is 27.9 Å². The summed E-state index contributed by atoms with van der Waals surface area (Å²) < 4.78 is 31.4. The number of nitrogen functional groups attached to an aromatic ring is 1. The van der Waals surface area contributed by atoms with Gasteiger partial charge in [0, 0.05) is 13.0 Å². The Balaban J connectivity index is 2.12. The van der Waals surface area contributed by atoms with Gasteiger partial charge in [-0.05, 0) is 37.1 Å². The molecular formula is C12H16N4O3S. The third-order valence-corrected chi connectivity index (χ3v) is 4.48. The average molecular weight is 296 g/mol. The Morgan fingerprint density at radius 1 is 1.30 bits per heavy atom. The van der Waals surface area contributed by atoms with E-state index in [4.69, 9.17) is 5.73 Å². The topological polar surface area (TPSA) is 111 Å². The Bertz CT molecular complexity index is 696. The molecule has 0 aliphatic heterocycles. The Labute approximate surface area is 117 Å². The van der Waals surface area contributed by atoms with Crippen molar-refractivity contribution in [3.05, 3.63) is 35.5 Å². The van der Waals surface area contributed by atoms with Gasteiger partial charge in [0.15, 0.2) is 5.82 Å². The number of nitrogens with one attached hydrogen (secondary N) is 1. The van der Waals surface area contributed by atoms with Crippen molar-refractivity contribution in [1.29, 1.82) is 0 Å². The van der Waals surface area contributed by atoms with Gasteiger partial charge in [0.1, 0.15) is 4.90 Å². The molecule has 2 rings (SSSR count). The smallest absolute Gasteiger partial charge is 0.242 e. The SMILES string of the molecule is Cc1cc(N)c(S(=O)(=O)NCCc2ncon2)cc1C. The number of hydrogen-bond acceptors (Lipinski definition) is 6. The quantitative estimate of drug-likeness (QED) is 0.789. The second kappa shape index (κ2) is 5.59. The molecule has 0 amide bonds. The maximum Gasteiger partial charge on any atom is 0.242 e. The highest BCUT2D eigenvalue weighted by Crippen LogP contribution is 2.22. The summed E-state index contributed by atoms with van der Waals surface area (Å²) in [6.45, 7) is 3.90. The molecule has 0 spiro atoms. The van der Waals surface area contributed by atoms with Gasteiger partial charge in [0.25, 0.3) is 0 Å². The van der Waals surface area contributed by atoms with E-state index in [1.165, 1.54) is 6.39 Å². The fraction of sp³-hybridized carbons (Fsp3) is 0.333. The van der Waals surface area contributed by atoms with Gasteiger partial charge in [-0.1, -0.05) is 5.16 Å². The van der Waals surface area contributed by atoms with Crippen LogP contribution in [-0.4, -0.2) is 25.1 Å². The molecule has 7 nitrogen and oxygen atoms in total. The molecule has 3 N–H and O–H groups in total. The number of aromatic nitrogens is 2. The Hall–Kier alpha value is -1.93. The summed E-state index contributed by atoms with van der Waals surface area (Å²) >= 11 is 0. The number of aryl methyl sites for hydroxylation is 2. The molecule has 0 bridgehead atoms. The summed E-state index contributed by atoms with van der Waals surface area (Å²) in [4.78, 5) is 3.91. The van der Waals surface area contributed by atoms with Crippen LogP contribution in [0, 0.1) is 13.8 Å². The minimum Gasteiger partial charge on any atom is -0.398 e. The molecule has 0 fully saturated rings. The van der Waals surface area contributed by atoms with E-state index in [0.717, 1.165) is 11.1 Å². The van der Waals surface area contributed by atoms with Crippen molar-refractivity contribution in [2.24, 2.45) is 0 Å². The molecule has 20 heavy (non-hydrogen) atoms. The van der Waals surface area contributed by atoms with E-state index in [9.17, 15) is 8.42 Å². The molecule has 0 atom stereocenters. The van der Waals surface area contributed by atoms with Crippen molar-refractivity contribution in [3.63, 3.8) is 0 Å². The summed E-state index contributed by atoms with van der Waals surface area (Å²) in [6, 6.07) is 3.23. The fourth-order valence-electron chi connectivity index (χ4n) is 1.72. The van der Waals surface area contributed by atoms with Crippen molar-refractivity contribution in [3.8, 4) is 0 Å². The van der Waals surface area contributed by atoms with E-state index >= 15 is 0 Å². The van der Waals surface area contributed by atoms with Gasteiger partial charge in [-0.25, -0.2) is 13.1 Å². The number of benzene rings is 1. The van der Waals surface area contributed by atoms with Gasteiger partial charge in [0.05, 0.1) is 5.69 Å². The highest BCUT2D eigenvalue weighted by molar-refractivity contribution is 7.89. The predicted octanol–water partition coefficient (Wildman–Crippen LogP) is 0.790. The monoisotopic (exact) mass is 296 g/mol. The Kier molecular flexibility index (Phi) is 4.05. The first-order chi connectivity index (χ1) is 9.40. The predicted molar refractivity (Wildman–Crippen MR) is 73.5 cm³/mol. The van der Waals surface area contributed by atoms with Crippen molar-refractivity contribution in [1.82, 2.24) is 14.9 Å². The van der Waals surface area contributed by atoms with Gasteiger partial charge in [-0.2, -0.15) is 4.98 Å². The second-order valence-electron chi connectivity index (χ2n) is 4.47. The zero-order chi connectivity index (χ0) is 14.8. The van der Waals surface area contributed by atoms with Crippen LogP contribution < -0.4 is 10.5 Å². The van der Waals surface area contributed by atoms with Gasteiger partial charge in [0.2, 0.25) is 16.4 Å². The van der Waals surface area contributed by atoms with E-state index in [1.807, 2.05) is 13.8 Å². The molecule has 1 heterocycles. The number of nitrogens with two attached hydrogens (primary N) is 1. The summed E-state index contributed by atoms with van der Waals surface area (Å²) in [6.07, 6.45) is 1.55. The van der Waals surface area contributed by atoms with Crippen LogP contribution in [0.1, 0.15) is 17.0 Å². The first-order valence-corrected chi connectivity index (χ1v) is 7.50. The van der Waals surface area contributed by atoms with Crippen LogP contribution in [0.3, 0.4) is 0 Å². The zero-order valence-corrected chi connectivity index (χ0v) is 12.1. The lowest BCUT2D eigenvalue weighted by molar-refractivity contribution is 0.410. The molecule has 2 aromatic rings. The zero-order valence-electron chi connectivity index (χ0n) is 11.3. The Morgan fingerprint density at radius 3 is 2.65 bits per heavy atom. The van der Waals surface area contributed by atoms with Crippen molar-refractivity contribution in [2.75, 3.05) is 12.3 Å². The minimum atomic E-state index is -3.64. The molecule has 0 radical (unpaired) electrons. The molecule has 8 heteroatoms. The molecule has 108 valence electrons. The fourth-order valence-corrected chi connectivity index (χ4v) is 2.95. The molecule has 0 saturated heterocycles. The van der Waals surface area contributed by atoms with Crippen molar-refractivity contribution in [2.45, 2.75) is 25.2 Å². The largest absolute Gasteiger partial charge is 0.398 e. The van der Waals surface area contributed by atoms with Gasteiger partial charge < -0.3 is 10.3 Å². The number of anilines is 1. The molecule has 1 aromatic heterocycles. The summed E-state index contributed by atoms with van der Waals surface area (Å²) in [5, 5.41) is 3.61. The van der Waals surface area contributed by atoms with Crippen LogP contribution in [-0.2, 0) is 16.4 Å². The first-order valence-electron chi connectivity index (χ1n) is 6.02. The first kappa shape index (κ1) is 14.5. The average Bonchev–Trinajstić information content (AvgIpc) is 2.86. The molecule has 0 saturated carbocycles. The highest BCUT2D eigenvalue weighted by Gasteiger charge is 2.18. The van der Waals surface area contributed by atoms with Crippen molar-refractivity contribution >= 4 is 15.7 Å². The second-order valence-corrected chi connectivity index (χ2v) is 6.20. The number of nitrogens with zero attached hydrogens (tertiary/aromatic N) is 2. The molecular weight excluding hydrogens is 280 g/mol. The highest BCUT2D eigenvalue weighted by atomic mass is 32.2. The molecule has 0 unspecified atom stereocenters. The van der Waals surface area contributed by atoms with Crippen molar-refractivity contribution < 1.29 is 12.9 Å². The standard InChI is InChI=1S/C12H16N4O3S/c1-8-5-10(13)11(6-9(8)2)20(17,18)15-4-3-12-14-7-19-16-12/h5-7,15H,3-4,13H2,1-2H3. The minimum absolute atomic E-state index is 0.0914. The van der Waals surface area contributed by atoms with E-state index in [1.54, 1.807) is 12.1 Å². The maximum atomic E-state index is 12.2. The lowest BCUT2D eigenvalue weighted by Crippen LogP contribution is -2.27. The maximum absolute atomic E-state index is 12.2.